The second-order valence-electron chi connectivity index (χ2n) is 4.77. The van der Waals surface area contributed by atoms with Crippen LogP contribution in [0.3, 0.4) is 0 Å². The Morgan fingerprint density at radius 3 is 2.52 bits per heavy atom. The summed E-state index contributed by atoms with van der Waals surface area (Å²) in [5.41, 5.74) is 2.95. The third-order valence-electron chi connectivity index (χ3n) is 3.39. The molecule has 21 heavy (non-hydrogen) atoms. The second kappa shape index (κ2) is 7.56. The Morgan fingerprint density at radius 2 is 1.86 bits per heavy atom. The summed E-state index contributed by atoms with van der Waals surface area (Å²) >= 11 is 2.17. The molecule has 0 aromatic heterocycles. The Hall–Kier alpha value is -1.40. The van der Waals surface area contributed by atoms with E-state index < -0.39 is 0 Å². The number of carbonyl (C=O) groups excluding carboxylic acids is 1. The SMILES string of the molecule is COC(CNC(=O)c1ccccc1I)c1ccccc1C. The number of aryl methyl sites for hydroxylation is 1. The van der Waals surface area contributed by atoms with E-state index in [0.29, 0.717) is 12.1 Å². The van der Waals surface area contributed by atoms with Crippen LogP contribution in [0.2, 0.25) is 0 Å². The standard InChI is InChI=1S/C17H18INO2/c1-12-7-3-4-8-13(12)16(21-2)11-19-17(20)14-9-5-6-10-15(14)18/h3-10,16H,11H2,1-2H3,(H,19,20). The monoisotopic (exact) mass is 395 g/mol. The number of carbonyl (C=O) groups is 1. The lowest BCUT2D eigenvalue weighted by molar-refractivity contribution is 0.0825. The van der Waals surface area contributed by atoms with Crippen molar-refractivity contribution in [2.24, 2.45) is 0 Å². The molecule has 2 aromatic rings. The average Bonchev–Trinajstić information content (AvgIpc) is 2.49. The van der Waals surface area contributed by atoms with E-state index in [1.165, 1.54) is 0 Å². The van der Waals surface area contributed by atoms with Gasteiger partial charge in [0.25, 0.3) is 5.91 Å². The number of halogens is 1. The van der Waals surface area contributed by atoms with Gasteiger partial charge in [-0.3, -0.25) is 4.79 Å². The van der Waals surface area contributed by atoms with Gasteiger partial charge in [-0.1, -0.05) is 36.4 Å². The number of methoxy groups -OCH3 is 1. The minimum Gasteiger partial charge on any atom is -0.375 e. The fraction of sp³-hybridized carbons (Fsp3) is 0.235. The molecule has 0 saturated heterocycles. The number of hydrogen-bond acceptors (Lipinski definition) is 2. The molecule has 0 radical (unpaired) electrons. The summed E-state index contributed by atoms with van der Waals surface area (Å²) in [5.74, 6) is -0.0735. The van der Waals surface area contributed by atoms with Gasteiger partial charge < -0.3 is 10.1 Å². The zero-order valence-electron chi connectivity index (χ0n) is 12.1. The number of amides is 1. The maximum Gasteiger partial charge on any atom is 0.252 e. The molecule has 0 aliphatic carbocycles. The lowest BCUT2D eigenvalue weighted by Crippen LogP contribution is -2.29. The number of rotatable bonds is 5. The molecule has 0 saturated carbocycles. The summed E-state index contributed by atoms with van der Waals surface area (Å²) in [6.07, 6.45) is -0.142. The van der Waals surface area contributed by atoms with E-state index in [1.807, 2.05) is 55.5 Å². The molecule has 110 valence electrons. The zero-order valence-corrected chi connectivity index (χ0v) is 14.3. The van der Waals surface area contributed by atoms with Crippen molar-refractivity contribution in [3.05, 3.63) is 68.8 Å². The second-order valence-corrected chi connectivity index (χ2v) is 5.93. The van der Waals surface area contributed by atoms with E-state index in [1.54, 1.807) is 7.11 Å². The van der Waals surface area contributed by atoms with Crippen molar-refractivity contribution >= 4 is 28.5 Å². The van der Waals surface area contributed by atoms with Crippen molar-refractivity contribution in [3.63, 3.8) is 0 Å². The van der Waals surface area contributed by atoms with Gasteiger partial charge in [0.05, 0.1) is 11.7 Å². The van der Waals surface area contributed by atoms with Gasteiger partial charge in [-0.2, -0.15) is 0 Å². The molecule has 0 spiro atoms. The van der Waals surface area contributed by atoms with Gasteiger partial charge in [-0.05, 0) is 52.8 Å². The first-order valence-corrected chi connectivity index (χ1v) is 7.82. The van der Waals surface area contributed by atoms with E-state index in [4.69, 9.17) is 4.74 Å². The normalized spacial score (nSPS) is 12.0. The summed E-state index contributed by atoms with van der Waals surface area (Å²) in [6, 6.07) is 15.6. The largest absolute Gasteiger partial charge is 0.375 e. The van der Waals surface area contributed by atoms with Crippen molar-refractivity contribution in [3.8, 4) is 0 Å². The van der Waals surface area contributed by atoms with E-state index >= 15 is 0 Å². The third kappa shape index (κ3) is 4.04. The van der Waals surface area contributed by atoms with Gasteiger partial charge >= 0.3 is 0 Å². The Morgan fingerprint density at radius 1 is 1.19 bits per heavy atom. The molecule has 0 heterocycles. The predicted octanol–water partition coefficient (Wildman–Crippen LogP) is 3.72. The van der Waals surface area contributed by atoms with Crippen molar-refractivity contribution < 1.29 is 9.53 Å². The van der Waals surface area contributed by atoms with Crippen LogP contribution in [0.25, 0.3) is 0 Å². The van der Waals surface area contributed by atoms with Crippen LogP contribution >= 0.6 is 22.6 Å². The highest BCUT2D eigenvalue weighted by atomic mass is 127. The van der Waals surface area contributed by atoms with Crippen molar-refractivity contribution in [1.82, 2.24) is 5.32 Å². The van der Waals surface area contributed by atoms with Gasteiger partial charge in [0, 0.05) is 17.2 Å². The molecule has 2 aromatic carbocycles. The molecule has 4 heteroatoms. The number of benzene rings is 2. The number of ether oxygens (including phenoxy) is 1. The molecule has 1 atom stereocenters. The highest BCUT2D eigenvalue weighted by Crippen LogP contribution is 2.20. The summed E-state index contributed by atoms with van der Waals surface area (Å²) in [7, 11) is 1.66. The van der Waals surface area contributed by atoms with Gasteiger partial charge in [0.2, 0.25) is 0 Å². The Bertz CT molecular complexity index is 628. The molecular weight excluding hydrogens is 377 g/mol. The summed E-state index contributed by atoms with van der Waals surface area (Å²) in [4.78, 5) is 12.2. The summed E-state index contributed by atoms with van der Waals surface area (Å²) < 4.78 is 6.46. The number of hydrogen-bond donors (Lipinski definition) is 1. The third-order valence-corrected chi connectivity index (χ3v) is 4.33. The van der Waals surface area contributed by atoms with Crippen LogP contribution in [0.4, 0.5) is 0 Å². The molecule has 0 aliphatic rings. The fourth-order valence-electron chi connectivity index (χ4n) is 2.19. The Labute approximate surface area is 138 Å². The summed E-state index contributed by atoms with van der Waals surface area (Å²) in [6.45, 7) is 2.49. The summed E-state index contributed by atoms with van der Waals surface area (Å²) in [5, 5.41) is 2.95. The maximum absolute atomic E-state index is 12.2. The van der Waals surface area contributed by atoms with Gasteiger partial charge in [-0.15, -0.1) is 0 Å². The molecular formula is C17H18INO2. The lowest BCUT2D eigenvalue weighted by atomic mass is 10.0. The van der Waals surface area contributed by atoms with E-state index in [9.17, 15) is 4.79 Å². The quantitative estimate of drug-likeness (QED) is 0.784. The van der Waals surface area contributed by atoms with Crippen molar-refractivity contribution in [1.29, 1.82) is 0 Å². The first kappa shape index (κ1) is 16.0. The van der Waals surface area contributed by atoms with Gasteiger partial charge in [0.1, 0.15) is 0 Å². The van der Waals surface area contributed by atoms with Crippen LogP contribution in [0, 0.1) is 10.5 Å². The minimum absolute atomic E-state index is 0.0735. The van der Waals surface area contributed by atoms with Crippen molar-refractivity contribution in [2.75, 3.05) is 13.7 Å². The maximum atomic E-state index is 12.2. The van der Waals surface area contributed by atoms with Gasteiger partial charge in [-0.25, -0.2) is 0 Å². The predicted molar refractivity (Wildman–Crippen MR) is 92.4 cm³/mol. The van der Waals surface area contributed by atoms with Gasteiger partial charge in [0.15, 0.2) is 0 Å². The molecule has 3 nitrogen and oxygen atoms in total. The number of nitrogens with one attached hydrogen (secondary N) is 1. The highest BCUT2D eigenvalue weighted by Gasteiger charge is 2.15. The van der Waals surface area contributed by atoms with E-state index in [-0.39, 0.29) is 12.0 Å². The van der Waals surface area contributed by atoms with Crippen LogP contribution in [0.15, 0.2) is 48.5 Å². The average molecular weight is 395 g/mol. The van der Waals surface area contributed by atoms with Crippen LogP contribution in [-0.4, -0.2) is 19.6 Å². The lowest BCUT2D eigenvalue weighted by Gasteiger charge is -2.18. The fourth-order valence-corrected chi connectivity index (χ4v) is 2.83. The first-order valence-electron chi connectivity index (χ1n) is 6.74. The van der Waals surface area contributed by atoms with Crippen LogP contribution in [-0.2, 0) is 4.74 Å². The van der Waals surface area contributed by atoms with Crippen molar-refractivity contribution in [2.45, 2.75) is 13.0 Å². The molecule has 2 rings (SSSR count). The topological polar surface area (TPSA) is 38.3 Å². The molecule has 0 aliphatic heterocycles. The Balaban J connectivity index is 2.06. The van der Waals surface area contributed by atoms with E-state index in [0.717, 1.165) is 14.7 Å². The molecule has 1 N–H and O–H groups in total. The molecule has 0 fully saturated rings. The van der Waals surface area contributed by atoms with E-state index in [2.05, 4.69) is 27.9 Å². The van der Waals surface area contributed by atoms with Crippen LogP contribution in [0.1, 0.15) is 27.6 Å². The van der Waals surface area contributed by atoms with Crippen LogP contribution < -0.4 is 5.32 Å². The molecule has 1 unspecified atom stereocenters. The first-order chi connectivity index (χ1) is 10.1. The molecule has 0 bridgehead atoms. The minimum atomic E-state index is -0.142. The van der Waals surface area contributed by atoms with Crippen LogP contribution in [0.5, 0.6) is 0 Å². The smallest absolute Gasteiger partial charge is 0.252 e. The Kier molecular flexibility index (Phi) is 5.76. The zero-order chi connectivity index (χ0) is 15.2. The molecule has 1 amide bonds. The highest BCUT2D eigenvalue weighted by molar-refractivity contribution is 14.1.